The van der Waals surface area contributed by atoms with Crippen LogP contribution in [-0.4, -0.2) is 86.6 Å². The maximum Gasteiger partial charge on any atom is 0.224 e. The minimum absolute atomic E-state index is 0.0332. The predicted octanol–water partition coefficient (Wildman–Crippen LogP) is 1.13. The molecular formula is C21H34N6O2. The predicted molar refractivity (Wildman–Crippen MR) is 113 cm³/mol. The number of carbonyl (C=O) groups excluding carboxylic acids is 1. The van der Waals surface area contributed by atoms with Crippen LogP contribution in [0.5, 0.6) is 0 Å². The van der Waals surface area contributed by atoms with E-state index in [-0.39, 0.29) is 11.8 Å². The quantitative estimate of drug-likeness (QED) is 0.765. The first-order valence-corrected chi connectivity index (χ1v) is 11.2. The second-order valence-corrected chi connectivity index (χ2v) is 8.33. The Hall–Kier alpha value is -1.93. The average molecular weight is 403 g/mol. The second-order valence-electron chi connectivity index (χ2n) is 8.33. The lowest BCUT2D eigenvalue weighted by Gasteiger charge is -2.33. The third kappa shape index (κ3) is 5.57. The Morgan fingerprint density at radius 2 is 1.69 bits per heavy atom. The van der Waals surface area contributed by atoms with Gasteiger partial charge in [0.25, 0.3) is 0 Å². The van der Waals surface area contributed by atoms with Crippen LogP contribution in [0.2, 0.25) is 0 Å². The summed E-state index contributed by atoms with van der Waals surface area (Å²) in [4.78, 5) is 19.5. The molecule has 0 radical (unpaired) electrons. The molecule has 3 saturated heterocycles. The van der Waals surface area contributed by atoms with Crippen LogP contribution < -0.4 is 15.1 Å². The monoisotopic (exact) mass is 402 g/mol. The lowest BCUT2D eigenvalue weighted by Crippen LogP contribution is -2.45. The van der Waals surface area contributed by atoms with E-state index in [0.717, 1.165) is 77.0 Å². The first-order valence-electron chi connectivity index (χ1n) is 11.2. The molecular weight excluding hydrogens is 368 g/mol. The molecule has 0 aromatic carbocycles. The molecule has 160 valence electrons. The zero-order valence-electron chi connectivity index (χ0n) is 17.4. The van der Waals surface area contributed by atoms with E-state index in [2.05, 4.69) is 30.2 Å². The van der Waals surface area contributed by atoms with Crippen LogP contribution >= 0.6 is 0 Å². The number of nitrogens with zero attached hydrogens (tertiary/aromatic N) is 5. The molecule has 0 aliphatic carbocycles. The summed E-state index contributed by atoms with van der Waals surface area (Å²) in [6.07, 6.45) is 5.88. The van der Waals surface area contributed by atoms with Crippen molar-refractivity contribution in [3.05, 3.63) is 12.1 Å². The Balaban J connectivity index is 1.25. The fourth-order valence-corrected chi connectivity index (χ4v) is 4.51. The largest absolute Gasteiger partial charge is 0.378 e. The molecule has 3 fully saturated rings. The van der Waals surface area contributed by atoms with Crippen molar-refractivity contribution in [2.45, 2.75) is 32.1 Å². The van der Waals surface area contributed by atoms with E-state index in [4.69, 9.17) is 4.74 Å². The second kappa shape index (κ2) is 10.2. The molecule has 0 saturated carbocycles. The van der Waals surface area contributed by atoms with Crippen molar-refractivity contribution < 1.29 is 9.53 Å². The average Bonchev–Trinajstić information content (AvgIpc) is 2.80. The fourth-order valence-electron chi connectivity index (χ4n) is 4.51. The van der Waals surface area contributed by atoms with Crippen LogP contribution in [0.3, 0.4) is 0 Å². The van der Waals surface area contributed by atoms with Gasteiger partial charge in [0.1, 0.15) is 0 Å². The number of hydrogen-bond acceptors (Lipinski definition) is 7. The summed E-state index contributed by atoms with van der Waals surface area (Å²) in [6.45, 7) is 8.92. The summed E-state index contributed by atoms with van der Waals surface area (Å²) in [5.41, 5.74) is 0. The van der Waals surface area contributed by atoms with E-state index >= 15 is 0 Å². The van der Waals surface area contributed by atoms with Gasteiger partial charge in [0.15, 0.2) is 11.6 Å². The normalized spacial score (nSPS) is 23.8. The van der Waals surface area contributed by atoms with E-state index < -0.39 is 0 Å². The van der Waals surface area contributed by atoms with Crippen molar-refractivity contribution in [2.24, 2.45) is 5.92 Å². The van der Waals surface area contributed by atoms with Gasteiger partial charge in [-0.2, -0.15) is 0 Å². The number of amides is 1. The number of nitrogens with one attached hydrogen (secondary N) is 1. The molecule has 1 aromatic heterocycles. The Bertz CT molecular complexity index is 643. The highest BCUT2D eigenvalue weighted by Crippen LogP contribution is 2.23. The number of morpholine rings is 1. The van der Waals surface area contributed by atoms with Gasteiger partial charge in [-0.15, -0.1) is 10.2 Å². The molecule has 29 heavy (non-hydrogen) atoms. The molecule has 1 amide bonds. The minimum Gasteiger partial charge on any atom is -0.378 e. The van der Waals surface area contributed by atoms with Gasteiger partial charge in [0.05, 0.1) is 19.1 Å². The van der Waals surface area contributed by atoms with Gasteiger partial charge in [-0.25, -0.2) is 0 Å². The molecule has 4 rings (SSSR count). The number of carbonyl (C=O) groups is 1. The molecule has 4 heterocycles. The van der Waals surface area contributed by atoms with Gasteiger partial charge in [-0.05, 0) is 50.9 Å². The highest BCUT2D eigenvalue weighted by atomic mass is 16.5. The molecule has 8 nitrogen and oxygen atoms in total. The molecule has 3 aliphatic rings. The van der Waals surface area contributed by atoms with Crippen molar-refractivity contribution in [2.75, 3.05) is 75.4 Å². The zero-order chi connectivity index (χ0) is 19.9. The number of hydrogen-bond donors (Lipinski definition) is 1. The number of ether oxygens (including phenoxy) is 1. The SMILES string of the molecule is O=C(NCCN1CCCCC1)C1CCCN(c2ccc(N3CCOCC3)nn2)C1. The molecule has 0 bridgehead atoms. The zero-order valence-corrected chi connectivity index (χ0v) is 17.4. The number of likely N-dealkylation sites (tertiary alicyclic amines) is 1. The van der Waals surface area contributed by atoms with Gasteiger partial charge in [-0.1, -0.05) is 6.42 Å². The Kier molecular flexibility index (Phi) is 7.16. The number of aromatic nitrogens is 2. The van der Waals surface area contributed by atoms with Gasteiger partial charge < -0.3 is 24.8 Å². The Labute approximate surface area is 173 Å². The lowest BCUT2D eigenvalue weighted by atomic mass is 9.97. The van der Waals surface area contributed by atoms with Crippen LogP contribution in [-0.2, 0) is 9.53 Å². The highest BCUT2D eigenvalue weighted by Gasteiger charge is 2.27. The van der Waals surface area contributed by atoms with Crippen LogP contribution in [0, 0.1) is 5.92 Å². The van der Waals surface area contributed by atoms with Crippen molar-refractivity contribution in [1.82, 2.24) is 20.4 Å². The van der Waals surface area contributed by atoms with Gasteiger partial charge in [-0.3, -0.25) is 4.79 Å². The molecule has 1 N–H and O–H groups in total. The summed E-state index contributed by atoms with van der Waals surface area (Å²) >= 11 is 0. The number of rotatable bonds is 6. The molecule has 0 spiro atoms. The maximum atomic E-state index is 12.7. The topological polar surface area (TPSA) is 73.8 Å². The number of anilines is 2. The standard InChI is InChI=1S/C21H34N6O2/c28-21(22-8-12-25-9-2-1-3-10-25)18-5-4-11-27(17-18)20-7-6-19(23-24-20)26-13-15-29-16-14-26/h6-7,18H,1-5,8-17H2,(H,22,28). The molecule has 1 atom stereocenters. The Morgan fingerprint density at radius 3 is 2.41 bits per heavy atom. The van der Waals surface area contributed by atoms with E-state index in [1.54, 1.807) is 0 Å². The van der Waals surface area contributed by atoms with Crippen molar-refractivity contribution in [1.29, 1.82) is 0 Å². The third-order valence-corrected chi connectivity index (χ3v) is 6.26. The van der Waals surface area contributed by atoms with Crippen molar-refractivity contribution in [3.8, 4) is 0 Å². The summed E-state index contributed by atoms with van der Waals surface area (Å²) in [5.74, 6) is 1.99. The summed E-state index contributed by atoms with van der Waals surface area (Å²) in [7, 11) is 0. The summed E-state index contributed by atoms with van der Waals surface area (Å²) in [6, 6.07) is 4.07. The first kappa shape index (κ1) is 20.3. The van der Waals surface area contributed by atoms with Crippen LogP contribution in [0.1, 0.15) is 32.1 Å². The number of piperidine rings is 2. The lowest BCUT2D eigenvalue weighted by molar-refractivity contribution is -0.125. The van der Waals surface area contributed by atoms with E-state index in [1.165, 1.54) is 32.4 Å². The van der Waals surface area contributed by atoms with Gasteiger partial charge >= 0.3 is 0 Å². The van der Waals surface area contributed by atoms with Crippen molar-refractivity contribution in [3.63, 3.8) is 0 Å². The third-order valence-electron chi connectivity index (χ3n) is 6.26. The van der Waals surface area contributed by atoms with Crippen molar-refractivity contribution >= 4 is 17.5 Å². The summed E-state index contributed by atoms with van der Waals surface area (Å²) < 4.78 is 5.40. The minimum atomic E-state index is 0.0332. The highest BCUT2D eigenvalue weighted by molar-refractivity contribution is 5.79. The summed E-state index contributed by atoms with van der Waals surface area (Å²) in [5, 5.41) is 12.0. The molecule has 1 aromatic rings. The van der Waals surface area contributed by atoms with E-state index in [0.29, 0.717) is 0 Å². The van der Waals surface area contributed by atoms with Crippen LogP contribution in [0.15, 0.2) is 12.1 Å². The molecule has 8 heteroatoms. The van der Waals surface area contributed by atoms with Crippen LogP contribution in [0.4, 0.5) is 11.6 Å². The Morgan fingerprint density at radius 1 is 0.966 bits per heavy atom. The van der Waals surface area contributed by atoms with Gasteiger partial charge in [0, 0.05) is 39.3 Å². The maximum absolute atomic E-state index is 12.7. The van der Waals surface area contributed by atoms with E-state index in [9.17, 15) is 4.79 Å². The smallest absolute Gasteiger partial charge is 0.224 e. The van der Waals surface area contributed by atoms with Crippen LogP contribution in [0.25, 0.3) is 0 Å². The molecule has 1 unspecified atom stereocenters. The van der Waals surface area contributed by atoms with Gasteiger partial charge in [0.2, 0.25) is 5.91 Å². The van der Waals surface area contributed by atoms with E-state index in [1.807, 2.05) is 12.1 Å². The fraction of sp³-hybridized carbons (Fsp3) is 0.762. The first-order chi connectivity index (χ1) is 14.3. The molecule has 3 aliphatic heterocycles.